The molecule has 0 radical (unpaired) electrons. The second-order valence-corrected chi connectivity index (χ2v) is 10.1. The Morgan fingerprint density at radius 1 is 1.18 bits per heavy atom. The highest BCUT2D eigenvalue weighted by molar-refractivity contribution is 5.77. The van der Waals surface area contributed by atoms with Gasteiger partial charge in [0.25, 0.3) is 0 Å². The summed E-state index contributed by atoms with van der Waals surface area (Å²) in [6.45, 7) is -0.622. The van der Waals surface area contributed by atoms with Crippen LogP contribution in [-0.2, 0) is 17.9 Å². The molecule has 1 saturated carbocycles. The van der Waals surface area contributed by atoms with Crippen LogP contribution in [0.15, 0.2) is 48.8 Å². The molecule has 2 atom stereocenters. The average Bonchev–Trinajstić information content (AvgIpc) is 3.50. The fourth-order valence-electron chi connectivity index (χ4n) is 5.02. The van der Waals surface area contributed by atoms with Crippen LogP contribution in [0.3, 0.4) is 0 Å². The van der Waals surface area contributed by atoms with Crippen molar-refractivity contribution in [2.24, 2.45) is 5.92 Å². The maximum absolute atomic E-state index is 13.9. The van der Waals surface area contributed by atoms with E-state index in [1.54, 1.807) is 24.4 Å². The zero-order chi connectivity index (χ0) is 28.5. The molecule has 0 bridgehead atoms. The Hall–Kier alpha value is -3.97. The number of amides is 3. The number of alkyl carbamates (subject to hydrolysis) is 1. The van der Waals surface area contributed by atoms with Crippen molar-refractivity contribution in [2.45, 2.75) is 63.0 Å². The van der Waals surface area contributed by atoms with Gasteiger partial charge in [-0.3, -0.25) is 0 Å². The first-order valence-corrected chi connectivity index (χ1v) is 12.8. The molecule has 40 heavy (non-hydrogen) atoms. The van der Waals surface area contributed by atoms with Crippen LogP contribution in [0, 0.1) is 5.92 Å². The number of nitrogens with zero attached hydrogens (tertiary/aromatic N) is 4. The lowest BCUT2D eigenvalue weighted by Crippen LogP contribution is -2.40. The van der Waals surface area contributed by atoms with Gasteiger partial charge in [0.2, 0.25) is 5.92 Å². The van der Waals surface area contributed by atoms with Crippen LogP contribution < -0.4 is 10.6 Å². The van der Waals surface area contributed by atoms with E-state index < -0.39 is 42.9 Å². The predicted octanol–water partition coefficient (Wildman–Crippen LogP) is 4.98. The van der Waals surface area contributed by atoms with E-state index in [-0.39, 0.29) is 44.8 Å². The van der Waals surface area contributed by atoms with Crippen LogP contribution in [0.2, 0.25) is 0 Å². The average molecular weight is 567 g/mol. The number of rotatable bonds is 7. The maximum atomic E-state index is 13.9. The van der Waals surface area contributed by atoms with E-state index in [0.29, 0.717) is 16.9 Å². The summed E-state index contributed by atoms with van der Waals surface area (Å²) < 4.78 is 73.5. The Morgan fingerprint density at radius 2 is 1.90 bits per heavy atom. The number of hydrogen-bond acceptors (Lipinski definition) is 5. The fraction of sp³-hybridized carbons (Fsp3) is 0.462. The molecule has 14 heteroatoms. The lowest BCUT2D eigenvalue weighted by molar-refractivity contribution is -0.149. The molecule has 5 rings (SSSR count). The topological polar surface area (TPSA) is 101 Å². The van der Waals surface area contributed by atoms with Crippen molar-refractivity contribution in [3.05, 3.63) is 65.6 Å². The number of ether oxygens (including phenoxy) is 1. The number of urea groups is 1. The minimum absolute atomic E-state index is 0.0253. The van der Waals surface area contributed by atoms with Crippen LogP contribution >= 0.6 is 0 Å². The normalized spacial score (nSPS) is 20.4. The molecule has 2 N–H and O–H groups in total. The van der Waals surface area contributed by atoms with Gasteiger partial charge in [0.05, 0.1) is 30.7 Å². The second-order valence-electron chi connectivity index (χ2n) is 10.1. The Kier molecular flexibility index (Phi) is 7.51. The van der Waals surface area contributed by atoms with Crippen molar-refractivity contribution in [1.82, 2.24) is 30.1 Å². The highest BCUT2D eigenvalue weighted by atomic mass is 19.4. The number of carbonyl (C=O) groups excluding carboxylic acids is 2. The molecule has 3 aromatic rings. The third-order valence-corrected chi connectivity index (χ3v) is 7.19. The summed E-state index contributed by atoms with van der Waals surface area (Å²) in [6.07, 6.45) is -2.63. The van der Waals surface area contributed by atoms with E-state index in [1.807, 2.05) is 23.5 Å². The molecule has 1 aromatic carbocycles. The van der Waals surface area contributed by atoms with Crippen molar-refractivity contribution in [2.75, 3.05) is 6.54 Å². The van der Waals surface area contributed by atoms with Crippen LogP contribution in [0.5, 0.6) is 0 Å². The predicted molar refractivity (Wildman–Crippen MR) is 131 cm³/mol. The Bertz CT molecular complexity index is 1360. The molecule has 2 aliphatic rings. The lowest BCUT2D eigenvalue weighted by atomic mass is 9.81. The number of carbonyl (C=O) groups is 2. The minimum Gasteiger partial charge on any atom is -0.445 e. The summed E-state index contributed by atoms with van der Waals surface area (Å²) >= 11 is 0. The van der Waals surface area contributed by atoms with Gasteiger partial charge in [0.1, 0.15) is 12.6 Å². The van der Waals surface area contributed by atoms with E-state index >= 15 is 0 Å². The number of benzene rings is 1. The highest BCUT2D eigenvalue weighted by Gasteiger charge is 2.46. The molecule has 214 valence electrons. The largest absolute Gasteiger partial charge is 0.445 e. The number of alkyl halides is 5. The van der Waals surface area contributed by atoms with Gasteiger partial charge < -0.3 is 20.3 Å². The number of halogens is 5. The molecular weight excluding hydrogens is 539 g/mol. The number of aromatic nitrogens is 3. The Morgan fingerprint density at radius 3 is 2.58 bits per heavy atom. The molecule has 2 aromatic heterocycles. The molecule has 0 spiro atoms. The maximum Gasteiger partial charge on any atom is 0.410 e. The Labute approximate surface area is 225 Å². The molecule has 9 nitrogen and oxygen atoms in total. The molecule has 0 unspecified atom stereocenters. The standard InChI is InChI=1S/C26H27F5N6O3/c27-25(28)8-6-18(7-9-25)22(35-24(39)40-15-16-4-2-1-3-5-16)19-13-37-21(33-19)10-17(11-32-37)12-36-14-20(26(29,30)31)34-23(36)38/h1-5,10-11,13,18,20,22H,6-9,12,14-15H2,(H,34,38)(H,35,39)/t20-,22-/m0/s1. The highest BCUT2D eigenvalue weighted by Crippen LogP contribution is 2.41. The third kappa shape index (κ3) is 6.42. The quantitative estimate of drug-likeness (QED) is 0.393. The zero-order valence-electron chi connectivity index (χ0n) is 21.2. The third-order valence-electron chi connectivity index (χ3n) is 7.19. The SMILES string of the molecule is O=C(N[C@H](c1cn2ncc(CN3C[C@@H](C(F)(F)F)NC3=O)cc2n1)C1CCC(F)(F)CC1)OCc1ccccc1. The molecule has 3 amide bonds. The molecule has 1 saturated heterocycles. The first-order valence-electron chi connectivity index (χ1n) is 12.8. The fourth-order valence-corrected chi connectivity index (χ4v) is 5.02. The van der Waals surface area contributed by atoms with Gasteiger partial charge in [0.15, 0.2) is 5.65 Å². The lowest BCUT2D eigenvalue weighted by Gasteiger charge is -2.33. The summed E-state index contributed by atoms with van der Waals surface area (Å²) in [7, 11) is 0. The summed E-state index contributed by atoms with van der Waals surface area (Å²) in [6, 6.07) is 7.11. The van der Waals surface area contributed by atoms with Crippen LogP contribution in [-0.4, -0.2) is 56.3 Å². The number of imidazole rings is 1. The number of fused-ring (bicyclic) bond motifs is 1. The van der Waals surface area contributed by atoms with E-state index in [0.717, 1.165) is 10.5 Å². The van der Waals surface area contributed by atoms with Crippen molar-refractivity contribution in [3.63, 3.8) is 0 Å². The first kappa shape index (κ1) is 27.6. The van der Waals surface area contributed by atoms with Gasteiger partial charge in [-0.2, -0.15) is 18.3 Å². The van der Waals surface area contributed by atoms with E-state index in [2.05, 4.69) is 15.4 Å². The summed E-state index contributed by atoms with van der Waals surface area (Å²) in [5.74, 6) is -3.10. The van der Waals surface area contributed by atoms with Crippen molar-refractivity contribution >= 4 is 17.8 Å². The molecule has 3 heterocycles. The summed E-state index contributed by atoms with van der Waals surface area (Å²) in [5.41, 5.74) is 1.94. The van der Waals surface area contributed by atoms with Gasteiger partial charge >= 0.3 is 18.3 Å². The molecule has 1 aliphatic carbocycles. The minimum atomic E-state index is -4.56. The van der Waals surface area contributed by atoms with Crippen LogP contribution in [0.4, 0.5) is 31.5 Å². The smallest absolute Gasteiger partial charge is 0.410 e. The molecule has 1 aliphatic heterocycles. The first-order chi connectivity index (χ1) is 19.0. The van der Waals surface area contributed by atoms with Crippen molar-refractivity contribution in [1.29, 1.82) is 0 Å². The van der Waals surface area contributed by atoms with E-state index in [9.17, 15) is 31.5 Å². The van der Waals surface area contributed by atoms with Gasteiger partial charge in [-0.1, -0.05) is 30.3 Å². The van der Waals surface area contributed by atoms with Crippen LogP contribution in [0.25, 0.3) is 5.65 Å². The monoisotopic (exact) mass is 566 g/mol. The summed E-state index contributed by atoms with van der Waals surface area (Å²) in [4.78, 5) is 30.3. The van der Waals surface area contributed by atoms with Gasteiger partial charge in [0, 0.05) is 19.4 Å². The Balaban J connectivity index is 1.32. The summed E-state index contributed by atoms with van der Waals surface area (Å²) in [5, 5.41) is 8.95. The number of nitrogens with one attached hydrogen (secondary N) is 2. The molecule has 2 fully saturated rings. The second kappa shape index (κ2) is 10.9. The molecular formula is C26H27F5N6O3. The van der Waals surface area contributed by atoms with Crippen molar-refractivity contribution in [3.8, 4) is 0 Å². The van der Waals surface area contributed by atoms with Crippen molar-refractivity contribution < 1.29 is 36.3 Å². The van der Waals surface area contributed by atoms with Gasteiger partial charge in [-0.15, -0.1) is 0 Å². The van der Waals surface area contributed by atoms with Gasteiger partial charge in [-0.25, -0.2) is 27.9 Å². The van der Waals surface area contributed by atoms with E-state index in [1.165, 1.54) is 10.7 Å². The number of hydrogen-bond donors (Lipinski definition) is 2. The van der Waals surface area contributed by atoms with E-state index in [4.69, 9.17) is 4.74 Å². The van der Waals surface area contributed by atoms with Gasteiger partial charge in [-0.05, 0) is 36.0 Å². The van der Waals surface area contributed by atoms with Crippen LogP contribution in [0.1, 0.15) is 48.5 Å². The zero-order valence-corrected chi connectivity index (χ0v) is 21.2.